The summed E-state index contributed by atoms with van der Waals surface area (Å²) in [6, 6.07) is 30.9. The standard InChI is InChI=1S/C29H28O3Si/c1-30-25-16-7-4-12-21(25)22-15-10-11-20(29(22)24-14-6-9-18-27(24)32-3)19-28(33)23-13-5-8-17-26(23)31-2/h4-19H,1-3,33H3. The van der Waals surface area contributed by atoms with Gasteiger partial charge in [-0.1, -0.05) is 84.1 Å². The number of benzene rings is 4. The zero-order chi connectivity index (χ0) is 23.2. The molecular formula is C29H28O3Si. The molecule has 0 amide bonds. The van der Waals surface area contributed by atoms with Crippen molar-refractivity contribution in [1.82, 2.24) is 0 Å². The molecule has 0 N–H and O–H groups in total. The predicted octanol–water partition coefficient (Wildman–Crippen LogP) is 5.91. The van der Waals surface area contributed by atoms with E-state index < -0.39 is 0 Å². The van der Waals surface area contributed by atoms with E-state index in [2.05, 4.69) is 48.5 Å². The molecule has 33 heavy (non-hydrogen) atoms. The molecule has 4 aromatic rings. The largest absolute Gasteiger partial charge is 0.496 e. The summed E-state index contributed by atoms with van der Waals surface area (Å²) in [5, 5.41) is 1.25. The summed E-state index contributed by atoms with van der Waals surface area (Å²) in [5.74, 6) is 2.56. The number of hydrogen-bond donors (Lipinski definition) is 0. The second-order valence-electron chi connectivity index (χ2n) is 7.70. The van der Waals surface area contributed by atoms with Gasteiger partial charge in [0.05, 0.1) is 21.3 Å². The molecule has 0 spiro atoms. The van der Waals surface area contributed by atoms with E-state index in [9.17, 15) is 0 Å². The van der Waals surface area contributed by atoms with Crippen LogP contribution in [0.4, 0.5) is 0 Å². The van der Waals surface area contributed by atoms with E-state index in [-0.39, 0.29) is 0 Å². The topological polar surface area (TPSA) is 27.7 Å². The lowest BCUT2D eigenvalue weighted by Crippen LogP contribution is -1.96. The molecule has 0 aliphatic heterocycles. The lowest BCUT2D eigenvalue weighted by molar-refractivity contribution is 0.414. The van der Waals surface area contributed by atoms with Crippen molar-refractivity contribution < 1.29 is 14.2 Å². The molecule has 0 aromatic heterocycles. The van der Waals surface area contributed by atoms with Crippen LogP contribution in [0.5, 0.6) is 17.2 Å². The van der Waals surface area contributed by atoms with E-state index in [1.165, 1.54) is 5.20 Å². The van der Waals surface area contributed by atoms with Crippen LogP contribution in [0.25, 0.3) is 33.5 Å². The normalized spacial score (nSPS) is 11.3. The Morgan fingerprint density at radius 2 is 1.09 bits per heavy atom. The highest BCUT2D eigenvalue weighted by Gasteiger charge is 2.18. The second kappa shape index (κ2) is 10.2. The Labute approximate surface area is 198 Å². The SMILES string of the molecule is COc1ccccc1C([SiH3])=Cc1cccc(-c2ccccc2OC)c1-c1ccccc1OC. The van der Waals surface area contributed by atoms with Gasteiger partial charge >= 0.3 is 0 Å². The highest BCUT2D eigenvalue weighted by molar-refractivity contribution is 6.45. The van der Waals surface area contributed by atoms with Gasteiger partial charge in [-0.25, -0.2) is 0 Å². The molecule has 0 atom stereocenters. The average Bonchev–Trinajstić information content (AvgIpc) is 2.88. The van der Waals surface area contributed by atoms with Crippen molar-refractivity contribution in [2.75, 3.05) is 21.3 Å². The molecule has 4 aromatic carbocycles. The quantitative estimate of drug-likeness (QED) is 0.258. The van der Waals surface area contributed by atoms with E-state index in [1.54, 1.807) is 21.3 Å². The van der Waals surface area contributed by atoms with Gasteiger partial charge in [0, 0.05) is 32.5 Å². The predicted molar refractivity (Wildman–Crippen MR) is 141 cm³/mol. The van der Waals surface area contributed by atoms with Gasteiger partial charge < -0.3 is 14.2 Å². The molecule has 0 saturated heterocycles. The lowest BCUT2D eigenvalue weighted by Gasteiger charge is -2.18. The van der Waals surface area contributed by atoms with Gasteiger partial charge in [0.25, 0.3) is 0 Å². The van der Waals surface area contributed by atoms with Crippen LogP contribution >= 0.6 is 0 Å². The summed E-state index contributed by atoms with van der Waals surface area (Å²) < 4.78 is 17.1. The minimum absolute atomic E-state index is 0.835. The van der Waals surface area contributed by atoms with Gasteiger partial charge in [-0.15, -0.1) is 0 Å². The van der Waals surface area contributed by atoms with Crippen molar-refractivity contribution in [3.05, 3.63) is 102 Å². The van der Waals surface area contributed by atoms with Crippen LogP contribution in [-0.4, -0.2) is 31.6 Å². The summed E-state index contributed by atoms with van der Waals surface area (Å²) in [6.45, 7) is 0. The van der Waals surface area contributed by atoms with Crippen molar-refractivity contribution >= 4 is 21.5 Å². The van der Waals surface area contributed by atoms with Gasteiger partial charge in [-0.2, -0.15) is 0 Å². The third-order valence-electron chi connectivity index (χ3n) is 5.77. The van der Waals surface area contributed by atoms with Gasteiger partial charge in [0.15, 0.2) is 0 Å². The van der Waals surface area contributed by atoms with Crippen LogP contribution in [-0.2, 0) is 0 Å². The zero-order valence-electron chi connectivity index (χ0n) is 19.5. The van der Waals surface area contributed by atoms with Crippen LogP contribution < -0.4 is 14.2 Å². The Morgan fingerprint density at radius 1 is 0.576 bits per heavy atom. The minimum atomic E-state index is 0.835. The van der Waals surface area contributed by atoms with E-state index >= 15 is 0 Å². The molecule has 0 fully saturated rings. The Hall–Kier alpha value is -3.76. The van der Waals surface area contributed by atoms with Gasteiger partial charge in [-0.3, -0.25) is 0 Å². The summed E-state index contributed by atoms with van der Waals surface area (Å²) in [7, 11) is 6.01. The maximum Gasteiger partial charge on any atom is 0.126 e. The lowest BCUT2D eigenvalue weighted by atomic mass is 9.89. The van der Waals surface area contributed by atoms with Crippen molar-refractivity contribution in [2.24, 2.45) is 0 Å². The first-order valence-corrected chi connectivity index (χ1v) is 11.9. The highest BCUT2D eigenvalue weighted by atomic mass is 28.1. The molecule has 4 heteroatoms. The molecule has 4 rings (SSSR count). The Morgan fingerprint density at radius 3 is 1.76 bits per heavy atom. The first kappa shape index (κ1) is 22.4. The van der Waals surface area contributed by atoms with Crippen molar-refractivity contribution in [3.63, 3.8) is 0 Å². The average molecular weight is 453 g/mol. The minimum Gasteiger partial charge on any atom is -0.496 e. The fraction of sp³-hybridized carbons (Fsp3) is 0.103. The maximum atomic E-state index is 5.77. The highest BCUT2D eigenvalue weighted by Crippen LogP contribution is 2.43. The summed E-state index contributed by atoms with van der Waals surface area (Å²) in [6.07, 6.45) is 2.27. The summed E-state index contributed by atoms with van der Waals surface area (Å²) in [5.41, 5.74) is 6.55. The molecule has 0 heterocycles. The number of methoxy groups -OCH3 is 3. The molecule has 0 bridgehead atoms. The number of ether oxygens (including phenoxy) is 3. The number of para-hydroxylation sites is 3. The van der Waals surface area contributed by atoms with E-state index in [0.29, 0.717) is 0 Å². The fourth-order valence-electron chi connectivity index (χ4n) is 4.22. The first-order valence-electron chi connectivity index (χ1n) is 10.9. The Balaban J connectivity index is 2.01. The van der Waals surface area contributed by atoms with E-state index in [1.807, 2.05) is 48.5 Å². The molecular weight excluding hydrogens is 424 g/mol. The molecule has 3 nitrogen and oxygen atoms in total. The smallest absolute Gasteiger partial charge is 0.126 e. The fourth-order valence-corrected chi connectivity index (χ4v) is 4.94. The van der Waals surface area contributed by atoms with Crippen molar-refractivity contribution in [3.8, 4) is 39.5 Å². The number of rotatable bonds is 7. The molecule has 0 unspecified atom stereocenters. The van der Waals surface area contributed by atoms with Crippen LogP contribution in [0.2, 0.25) is 0 Å². The summed E-state index contributed by atoms with van der Waals surface area (Å²) >= 11 is 0. The van der Waals surface area contributed by atoms with Gasteiger partial charge in [0.1, 0.15) is 17.2 Å². The van der Waals surface area contributed by atoms with E-state index in [0.717, 1.165) is 60.9 Å². The van der Waals surface area contributed by atoms with Crippen LogP contribution in [0.15, 0.2) is 91.0 Å². The van der Waals surface area contributed by atoms with Crippen LogP contribution in [0.3, 0.4) is 0 Å². The Bertz CT molecular complexity index is 1290. The molecule has 0 aliphatic rings. The first-order chi connectivity index (χ1) is 16.2. The van der Waals surface area contributed by atoms with E-state index in [4.69, 9.17) is 14.2 Å². The zero-order valence-corrected chi connectivity index (χ0v) is 21.5. The van der Waals surface area contributed by atoms with Crippen molar-refractivity contribution in [1.29, 1.82) is 0 Å². The molecule has 166 valence electrons. The third-order valence-corrected chi connectivity index (χ3v) is 6.60. The monoisotopic (exact) mass is 452 g/mol. The van der Waals surface area contributed by atoms with Gasteiger partial charge in [-0.05, 0) is 29.3 Å². The third kappa shape index (κ3) is 4.57. The maximum absolute atomic E-state index is 5.77. The molecule has 0 saturated carbocycles. The van der Waals surface area contributed by atoms with Crippen LogP contribution in [0, 0.1) is 0 Å². The second-order valence-corrected chi connectivity index (χ2v) is 8.78. The van der Waals surface area contributed by atoms with Gasteiger partial charge in [0.2, 0.25) is 0 Å². The Kier molecular flexibility index (Phi) is 6.96. The van der Waals surface area contributed by atoms with Crippen LogP contribution in [0.1, 0.15) is 11.1 Å². The molecule has 0 aliphatic carbocycles. The molecule has 0 radical (unpaired) electrons. The number of hydrogen-bond acceptors (Lipinski definition) is 3. The van der Waals surface area contributed by atoms with Crippen molar-refractivity contribution in [2.45, 2.75) is 0 Å². The summed E-state index contributed by atoms with van der Waals surface area (Å²) in [4.78, 5) is 0.